The Labute approximate surface area is 199 Å². The van der Waals surface area contributed by atoms with Gasteiger partial charge in [0.25, 0.3) is 0 Å². The number of carbonyl (C=O) groups is 2. The Balaban J connectivity index is 1.28. The van der Waals surface area contributed by atoms with Crippen LogP contribution in [0.3, 0.4) is 0 Å². The molecule has 1 atom stereocenters. The molecule has 6 nitrogen and oxygen atoms in total. The monoisotopic (exact) mass is 470 g/mol. The summed E-state index contributed by atoms with van der Waals surface area (Å²) in [4.78, 5) is 35.0. The first kappa shape index (κ1) is 21.3. The molecule has 6 rings (SSSR count). The van der Waals surface area contributed by atoms with Crippen molar-refractivity contribution in [3.05, 3.63) is 100 Å². The van der Waals surface area contributed by atoms with E-state index in [2.05, 4.69) is 21.4 Å². The lowest BCUT2D eigenvalue weighted by atomic mass is 9.79. The van der Waals surface area contributed by atoms with Gasteiger partial charge in [0.1, 0.15) is 17.5 Å². The van der Waals surface area contributed by atoms with Crippen LogP contribution in [-0.4, -0.2) is 27.2 Å². The zero-order valence-electron chi connectivity index (χ0n) is 18.6. The molecular weight excluding hydrogens is 450 g/mol. The number of aromatic nitrogens is 2. The minimum absolute atomic E-state index is 0.0319. The van der Waals surface area contributed by atoms with E-state index in [0.717, 1.165) is 39.2 Å². The maximum Gasteiger partial charge on any atom is 0.237 e. The quantitative estimate of drug-likeness (QED) is 0.447. The topological polar surface area (TPSA) is 75.2 Å². The average molecular weight is 470 g/mol. The third kappa shape index (κ3) is 3.62. The predicted molar refractivity (Wildman–Crippen MR) is 125 cm³/mol. The van der Waals surface area contributed by atoms with Crippen LogP contribution in [0.5, 0.6) is 0 Å². The maximum atomic E-state index is 13.5. The standard InChI is InChI=1S/C27H20F2N4O2/c28-21-5-16(6-22(29)9-21)13-33(15-34)14-17-4-18-7-19-10-27(11-20(19)8-24(18)31-12-17)23-2-1-3-30-25(23)32-26(27)35/h1-9,12,15H,10-11,13-14H2,(H,30,32,35). The van der Waals surface area contributed by atoms with Crippen molar-refractivity contribution in [3.8, 4) is 0 Å². The molecule has 1 unspecified atom stereocenters. The Kier molecular flexibility index (Phi) is 4.84. The van der Waals surface area contributed by atoms with Crippen molar-refractivity contribution >= 4 is 29.0 Å². The Morgan fingerprint density at radius 2 is 1.71 bits per heavy atom. The molecule has 174 valence electrons. The summed E-state index contributed by atoms with van der Waals surface area (Å²) in [6.07, 6.45) is 5.20. The van der Waals surface area contributed by atoms with E-state index in [4.69, 9.17) is 0 Å². The molecule has 0 bridgehead atoms. The van der Waals surface area contributed by atoms with Gasteiger partial charge in [-0.25, -0.2) is 13.8 Å². The molecule has 35 heavy (non-hydrogen) atoms. The van der Waals surface area contributed by atoms with E-state index in [0.29, 0.717) is 30.6 Å². The van der Waals surface area contributed by atoms with Crippen molar-refractivity contribution in [3.63, 3.8) is 0 Å². The van der Waals surface area contributed by atoms with Crippen molar-refractivity contribution < 1.29 is 18.4 Å². The smallest absolute Gasteiger partial charge is 0.237 e. The van der Waals surface area contributed by atoms with E-state index < -0.39 is 17.0 Å². The lowest BCUT2D eigenvalue weighted by Gasteiger charge is -2.20. The number of hydrogen-bond donors (Lipinski definition) is 1. The van der Waals surface area contributed by atoms with Gasteiger partial charge in [-0.15, -0.1) is 0 Å². The Morgan fingerprint density at radius 3 is 2.49 bits per heavy atom. The molecule has 2 aliphatic rings. The van der Waals surface area contributed by atoms with E-state index in [1.807, 2.05) is 24.3 Å². The third-order valence-electron chi connectivity index (χ3n) is 6.88. The van der Waals surface area contributed by atoms with Crippen molar-refractivity contribution in [2.75, 3.05) is 5.32 Å². The molecule has 2 amide bonds. The molecule has 0 fully saturated rings. The molecule has 0 radical (unpaired) electrons. The van der Waals surface area contributed by atoms with Crippen LogP contribution < -0.4 is 5.32 Å². The van der Waals surface area contributed by atoms with Gasteiger partial charge in [0, 0.05) is 42.5 Å². The van der Waals surface area contributed by atoms with E-state index in [1.54, 1.807) is 12.4 Å². The molecule has 8 heteroatoms. The van der Waals surface area contributed by atoms with Gasteiger partial charge in [0.05, 0.1) is 10.9 Å². The molecule has 2 aromatic heterocycles. The molecule has 2 aromatic carbocycles. The van der Waals surface area contributed by atoms with Gasteiger partial charge in [-0.2, -0.15) is 0 Å². The number of nitrogens with one attached hydrogen (secondary N) is 1. The second kappa shape index (κ2) is 7.94. The zero-order chi connectivity index (χ0) is 24.2. The lowest BCUT2D eigenvalue weighted by molar-refractivity contribution is -0.120. The molecule has 1 aliphatic carbocycles. The van der Waals surface area contributed by atoms with Crippen LogP contribution >= 0.6 is 0 Å². The lowest BCUT2D eigenvalue weighted by Crippen LogP contribution is -2.35. The Morgan fingerprint density at radius 1 is 0.971 bits per heavy atom. The van der Waals surface area contributed by atoms with Gasteiger partial charge >= 0.3 is 0 Å². The van der Waals surface area contributed by atoms with Crippen LogP contribution in [0.1, 0.15) is 27.8 Å². The van der Waals surface area contributed by atoms with E-state index in [1.165, 1.54) is 17.0 Å². The van der Waals surface area contributed by atoms with Crippen LogP contribution in [-0.2, 0) is 40.9 Å². The van der Waals surface area contributed by atoms with Gasteiger partial charge in [-0.05, 0) is 71.5 Å². The van der Waals surface area contributed by atoms with Gasteiger partial charge in [0.2, 0.25) is 12.3 Å². The fourth-order valence-corrected chi connectivity index (χ4v) is 5.33. The number of anilines is 1. The normalized spacial score (nSPS) is 17.9. The van der Waals surface area contributed by atoms with Crippen molar-refractivity contribution in [1.29, 1.82) is 0 Å². The number of pyridine rings is 2. The summed E-state index contributed by atoms with van der Waals surface area (Å²) >= 11 is 0. The number of hydrogen-bond acceptors (Lipinski definition) is 4. The molecule has 1 N–H and O–H groups in total. The van der Waals surface area contributed by atoms with Gasteiger partial charge in [-0.3, -0.25) is 14.6 Å². The summed E-state index contributed by atoms with van der Waals surface area (Å²) in [5.74, 6) is -0.767. The van der Waals surface area contributed by atoms with Crippen LogP contribution in [0.4, 0.5) is 14.6 Å². The van der Waals surface area contributed by atoms with Crippen molar-refractivity contribution in [1.82, 2.24) is 14.9 Å². The number of fused-ring (bicyclic) bond motifs is 4. The molecular formula is C27H20F2N4O2. The fourth-order valence-electron chi connectivity index (χ4n) is 5.33. The molecule has 0 saturated carbocycles. The van der Waals surface area contributed by atoms with Crippen LogP contribution in [0.2, 0.25) is 0 Å². The highest BCUT2D eigenvalue weighted by atomic mass is 19.1. The van der Waals surface area contributed by atoms with Crippen molar-refractivity contribution in [2.45, 2.75) is 31.3 Å². The Bertz CT molecular complexity index is 1500. The van der Waals surface area contributed by atoms with Crippen LogP contribution in [0.15, 0.2) is 60.9 Å². The highest BCUT2D eigenvalue weighted by molar-refractivity contribution is 6.06. The predicted octanol–water partition coefficient (Wildman–Crippen LogP) is 4.06. The van der Waals surface area contributed by atoms with E-state index >= 15 is 0 Å². The first-order valence-corrected chi connectivity index (χ1v) is 11.3. The second-order valence-electron chi connectivity index (χ2n) is 9.23. The van der Waals surface area contributed by atoms with E-state index in [9.17, 15) is 18.4 Å². The fraction of sp³-hybridized carbons (Fsp3) is 0.185. The first-order valence-electron chi connectivity index (χ1n) is 11.3. The minimum Gasteiger partial charge on any atom is -0.337 e. The van der Waals surface area contributed by atoms with Gasteiger partial charge < -0.3 is 10.2 Å². The van der Waals surface area contributed by atoms with Crippen LogP contribution in [0, 0.1) is 11.6 Å². The minimum atomic E-state index is -0.681. The highest BCUT2D eigenvalue weighted by Crippen LogP contribution is 2.47. The highest BCUT2D eigenvalue weighted by Gasteiger charge is 2.51. The SMILES string of the molecule is O=CN(Cc1cc(F)cc(F)c1)Cc1cnc2cc3c(cc2c1)CC1(C3)C(=O)Nc2ncccc21. The molecule has 1 aliphatic heterocycles. The molecule has 4 aromatic rings. The molecule has 1 spiro atoms. The number of carbonyl (C=O) groups excluding carboxylic acids is 2. The van der Waals surface area contributed by atoms with Crippen LogP contribution in [0.25, 0.3) is 10.9 Å². The molecule has 3 heterocycles. The summed E-state index contributed by atoms with van der Waals surface area (Å²) in [6, 6.07) is 13.1. The number of benzene rings is 2. The summed E-state index contributed by atoms with van der Waals surface area (Å²) in [6.45, 7) is 0.318. The van der Waals surface area contributed by atoms with Crippen molar-refractivity contribution in [2.24, 2.45) is 0 Å². The maximum absolute atomic E-state index is 13.5. The van der Waals surface area contributed by atoms with Gasteiger partial charge in [0.15, 0.2) is 0 Å². The third-order valence-corrected chi connectivity index (χ3v) is 6.88. The number of amides is 2. The number of rotatable bonds is 5. The largest absolute Gasteiger partial charge is 0.337 e. The Hall–Kier alpha value is -4.20. The summed E-state index contributed by atoms with van der Waals surface area (Å²) in [5.41, 5.74) is 4.42. The van der Waals surface area contributed by atoms with E-state index in [-0.39, 0.29) is 19.0 Å². The molecule has 0 saturated heterocycles. The van der Waals surface area contributed by atoms with Gasteiger partial charge in [-0.1, -0.05) is 6.07 Å². The summed E-state index contributed by atoms with van der Waals surface area (Å²) in [7, 11) is 0. The average Bonchev–Trinajstić information content (AvgIpc) is 3.33. The summed E-state index contributed by atoms with van der Waals surface area (Å²) in [5, 5.41) is 3.83. The number of nitrogens with zero attached hydrogens (tertiary/aromatic N) is 3. The zero-order valence-corrected chi connectivity index (χ0v) is 18.6. The summed E-state index contributed by atoms with van der Waals surface area (Å²) < 4.78 is 27.0. The number of halogens is 2. The second-order valence-corrected chi connectivity index (χ2v) is 9.23. The first-order chi connectivity index (χ1) is 16.9.